The summed E-state index contributed by atoms with van der Waals surface area (Å²) >= 11 is 5.91. The van der Waals surface area contributed by atoms with Crippen LogP contribution in [0.2, 0.25) is 5.02 Å². The summed E-state index contributed by atoms with van der Waals surface area (Å²) in [5.74, 6) is 0.142. The first-order valence-electron chi connectivity index (χ1n) is 6.34. The van der Waals surface area contributed by atoms with Crippen LogP contribution >= 0.6 is 11.6 Å². The number of hydrogen-bond acceptors (Lipinski definition) is 1. The molecule has 0 radical (unpaired) electrons. The highest BCUT2D eigenvalue weighted by atomic mass is 35.5. The van der Waals surface area contributed by atoms with Gasteiger partial charge in [-0.15, -0.1) is 0 Å². The molecule has 100 valence electrons. The number of nitrogens with one attached hydrogen (secondary N) is 1. The van der Waals surface area contributed by atoms with Crippen LogP contribution in [0.25, 0.3) is 0 Å². The predicted octanol–water partition coefficient (Wildman–Crippen LogP) is 5.21. The van der Waals surface area contributed by atoms with E-state index in [1.807, 2.05) is 18.2 Å². The summed E-state index contributed by atoms with van der Waals surface area (Å²) in [7, 11) is 0. The molecule has 0 bridgehead atoms. The maximum absolute atomic E-state index is 13.3. The summed E-state index contributed by atoms with van der Waals surface area (Å²) in [4.78, 5) is 0. The van der Waals surface area contributed by atoms with Gasteiger partial charge in [0.05, 0.1) is 5.02 Å². The lowest BCUT2D eigenvalue weighted by Crippen LogP contribution is -2.01. The molecule has 0 amide bonds. The van der Waals surface area contributed by atoms with Crippen molar-refractivity contribution in [2.24, 2.45) is 0 Å². The molecule has 2 aromatic rings. The van der Waals surface area contributed by atoms with E-state index in [4.69, 9.17) is 11.6 Å². The van der Waals surface area contributed by atoms with Gasteiger partial charge in [-0.05, 0) is 35.2 Å². The molecule has 0 spiro atoms. The molecule has 0 saturated heterocycles. The van der Waals surface area contributed by atoms with Crippen molar-refractivity contribution in [3.05, 3.63) is 64.4 Å². The average molecular weight is 278 g/mol. The highest BCUT2D eigenvalue weighted by Crippen LogP contribution is 2.22. The van der Waals surface area contributed by atoms with Gasteiger partial charge < -0.3 is 5.32 Å². The van der Waals surface area contributed by atoms with Crippen LogP contribution in [0.5, 0.6) is 0 Å². The fourth-order valence-electron chi connectivity index (χ4n) is 1.87. The molecule has 0 unspecified atom stereocenters. The maximum Gasteiger partial charge on any atom is 0.142 e. The zero-order valence-corrected chi connectivity index (χ0v) is 11.8. The maximum atomic E-state index is 13.3. The first kappa shape index (κ1) is 13.9. The van der Waals surface area contributed by atoms with Gasteiger partial charge in [-0.2, -0.15) is 0 Å². The second-order valence-corrected chi connectivity index (χ2v) is 5.22. The fourth-order valence-corrected chi connectivity index (χ4v) is 2.06. The minimum atomic E-state index is -0.379. The molecule has 0 aliphatic heterocycles. The van der Waals surface area contributed by atoms with Gasteiger partial charge in [-0.3, -0.25) is 0 Å². The Balaban J connectivity index is 2.04. The van der Waals surface area contributed by atoms with Gasteiger partial charge in [-0.1, -0.05) is 49.7 Å². The Morgan fingerprint density at radius 3 is 2.42 bits per heavy atom. The SMILES string of the molecule is CC(C)c1ccc(NCc2cccc(F)c2Cl)cc1. The van der Waals surface area contributed by atoms with Crippen LogP contribution in [-0.2, 0) is 6.54 Å². The van der Waals surface area contributed by atoms with Crippen molar-refractivity contribution in [2.75, 3.05) is 5.32 Å². The molecule has 0 aliphatic carbocycles. The Hall–Kier alpha value is -1.54. The van der Waals surface area contributed by atoms with Crippen molar-refractivity contribution in [3.63, 3.8) is 0 Å². The second kappa shape index (κ2) is 6.07. The van der Waals surface area contributed by atoms with Crippen molar-refractivity contribution < 1.29 is 4.39 Å². The van der Waals surface area contributed by atoms with E-state index in [-0.39, 0.29) is 10.8 Å². The molecule has 2 rings (SSSR count). The van der Waals surface area contributed by atoms with Crippen LogP contribution in [0.3, 0.4) is 0 Å². The minimum Gasteiger partial charge on any atom is -0.381 e. The first-order chi connectivity index (χ1) is 9.08. The first-order valence-corrected chi connectivity index (χ1v) is 6.72. The molecule has 1 N–H and O–H groups in total. The molecule has 2 aromatic carbocycles. The Morgan fingerprint density at radius 1 is 1.11 bits per heavy atom. The lowest BCUT2D eigenvalue weighted by Gasteiger charge is -2.10. The molecule has 19 heavy (non-hydrogen) atoms. The minimum absolute atomic E-state index is 0.189. The van der Waals surface area contributed by atoms with E-state index in [0.29, 0.717) is 12.5 Å². The second-order valence-electron chi connectivity index (χ2n) is 4.84. The number of halogens is 2. The summed E-state index contributed by atoms with van der Waals surface area (Å²) in [6, 6.07) is 13.1. The summed E-state index contributed by atoms with van der Waals surface area (Å²) in [6.45, 7) is 4.83. The van der Waals surface area contributed by atoms with Crippen LogP contribution in [0, 0.1) is 5.82 Å². The van der Waals surface area contributed by atoms with Gasteiger partial charge in [0.15, 0.2) is 0 Å². The predicted molar refractivity (Wildman–Crippen MR) is 79.3 cm³/mol. The molecular weight excluding hydrogens is 261 g/mol. The number of rotatable bonds is 4. The lowest BCUT2D eigenvalue weighted by atomic mass is 10.0. The third-order valence-corrected chi connectivity index (χ3v) is 3.52. The lowest BCUT2D eigenvalue weighted by molar-refractivity contribution is 0.626. The molecule has 0 saturated carbocycles. The highest BCUT2D eigenvalue weighted by Gasteiger charge is 2.05. The van der Waals surface area contributed by atoms with E-state index in [1.54, 1.807) is 6.07 Å². The van der Waals surface area contributed by atoms with E-state index in [1.165, 1.54) is 11.6 Å². The van der Waals surface area contributed by atoms with Crippen LogP contribution in [0.4, 0.5) is 10.1 Å². The number of hydrogen-bond donors (Lipinski definition) is 1. The van der Waals surface area contributed by atoms with E-state index >= 15 is 0 Å². The average Bonchev–Trinajstić information content (AvgIpc) is 2.41. The molecule has 1 nitrogen and oxygen atoms in total. The smallest absolute Gasteiger partial charge is 0.142 e. The van der Waals surface area contributed by atoms with Crippen molar-refractivity contribution in [3.8, 4) is 0 Å². The summed E-state index contributed by atoms with van der Waals surface area (Å²) in [5.41, 5.74) is 3.06. The number of benzene rings is 2. The normalized spacial score (nSPS) is 10.8. The fraction of sp³-hybridized carbons (Fsp3) is 0.250. The van der Waals surface area contributed by atoms with Gasteiger partial charge >= 0.3 is 0 Å². The Kier molecular flexibility index (Phi) is 4.43. The molecule has 0 atom stereocenters. The standard InChI is InChI=1S/C16H17ClFN/c1-11(2)12-6-8-14(9-7-12)19-10-13-4-3-5-15(18)16(13)17/h3-9,11,19H,10H2,1-2H3. The zero-order chi connectivity index (χ0) is 13.8. The Bertz CT molecular complexity index is 549. The van der Waals surface area contributed by atoms with Gasteiger partial charge in [0.2, 0.25) is 0 Å². The van der Waals surface area contributed by atoms with Gasteiger partial charge in [0.1, 0.15) is 5.82 Å². The van der Waals surface area contributed by atoms with Crippen LogP contribution in [0.1, 0.15) is 30.9 Å². The van der Waals surface area contributed by atoms with Crippen LogP contribution in [-0.4, -0.2) is 0 Å². The van der Waals surface area contributed by atoms with Gasteiger partial charge in [0.25, 0.3) is 0 Å². The Labute approximate surface area is 118 Å². The summed E-state index contributed by atoms with van der Waals surface area (Å²) in [5, 5.41) is 3.43. The quantitative estimate of drug-likeness (QED) is 0.808. The van der Waals surface area contributed by atoms with E-state index in [2.05, 4.69) is 31.3 Å². The Morgan fingerprint density at radius 2 is 1.79 bits per heavy atom. The van der Waals surface area contributed by atoms with Crippen molar-refractivity contribution in [1.82, 2.24) is 0 Å². The van der Waals surface area contributed by atoms with Crippen LogP contribution < -0.4 is 5.32 Å². The van der Waals surface area contributed by atoms with E-state index in [9.17, 15) is 4.39 Å². The van der Waals surface area contributed by atoms with Gasteiger partial charge in [0, 0.05) is 12.2 Å². The number of anilines is 1. The van der Waals surface area contributed by atoms with Crippen molar-refractivity contribution in [1.29, 1.82) is 0 Å². The largest absolute Gasteiger partial charge is 0.381 e. The molecular formula is C16H17ClFN. The highest BCUT2D eigenvalue weighted by molar-refractivity contribution is 6.31. The molecule has 0 fully saturated rings. The monoisotopic (exact) mass is 277 g/mol. The van der Waals surface area contributed by atoms with Crippen molar-refractivity contribution in [2.45, 2.75) is 26.3 Å². The van der Waals surface area contributed by atoms with Gasteiger partial charge in [-0.25, -0.2) is 4.39 Å². The summed E-state index contributed by atoms with van der Waals surface area (Å²) in [6.07, 6.45) is 0. The van der Waals surface area contributed by atoms with Crippen LogP contribution in [0.15, 0.2) is 42.5 Å². The molecule has 3 heteroatoms. The molecule has 0 aliphatic rings. The summed E-state index contributed by atoms with van der Waals surface area (Å²) < 4.78 is 13.3. The third-order valence-electron chi connectivity index (χ3n) is 3.09. The zero-order valence-electron chi connectivity index (χ0n) is 11.1. The topological polar surface area (TPSA) is 12.0 Å². The van der Waals surface area contributed by atoms with E-state index in [0.717, 1.165) is 11.3 Å². The molecule has 0 heterocycles. The molecule has 0 aromatic heterocycles. The van der Waals surface area contributed by atoms with Crippen molar-refractivity contribution >= 4 is 17.3 Å². The third kappa shape index (κ3) is 3.48. The van der Waals surface area contributed by atoms with E-state index < -0.39 is 0 Å².